The van der Waals surface area contributed by atoms with Gasteiger partial charge in [-0.3, -0.25) is 19.3 Å². The van der Waals surface area contributed by atoms with Gasteiger partial charge in [0.25, 0.3) is 5.56 Å². The number of hydrogen-bond acceptors (Lipinski definition) is 9. The average Bonchev–Trinajstić information content (AvgIpc) is 2.69. The van der Waals surface area contributed by atoms with Gasteiger partial charge in [-0.25, -0.2) is 9.36 Å². The Kier molecular flexibility index (Phi) is 4.91. The van der Waals surface area contributed by atoms with Crippen molar-refractivity contribution >= 4 is 19.3 Å². The molecule has 4 atom stereocenters. The predicted octanol–water partition coefficient (Wildman–Crippen LogP) is -3.39. The van der Waals surface area contributed by atoms with E-state index in [1.165, 1.54) is 0 Å². The molecule has 130 valence electrons. The summed E-state index contributed by atoms with van der Waals surface area (Å²) in [5.41, 5.74) is 3.34. The number of rotatable bonds is 5. The Morgan fingerprint density at radius 2 is 1.91 bits per heavy atom. The molecule has 23 heavy (non-hydrogen) atoms. The maximum absolute atomic E-state index is 11.4. The third kappa shape index (κ3) is 4.17. The molecule has 1 aliphatic heterocycles. The highest BCUT2D eigenvalue weighted by Crippen LogP contribution is 2.37. The fraction of sp³-hybridized carbons (Fsp3) is 0.556. The van der Waals surface area contributed by atoms with E-state index in [0.717, 1.165) is 0 Å². The van der Waals surface area contributed by atoms with Crippen LogP contribution in [0.4, 0.5) is 11.5 Å². The minimum atomic E-state index is -4.78. The number of aliphatic hydroxyl groups is 2. The van der Waals surface area contributed by atoms with Gasteiger partial charge in [0, 0.05) is 0 Å². The number of phosphoric ester groups is 1. The topological polar surface area (TPSA) is 220 Å². The smallest absolute Gasteiger partial charge is 0.391 e. The van der Waals surface area contributed by atoms with Gasteiger partial charge in [0.2, 0.25) is 0 Å². The highest BCUT2D eigenvalue weighted by atomic mass is 31.2. The maximum Gasteiger partial charge on any atom is 0.469 e. The fourth-order valence-electron chi connectivity index (χ4n) is 1.93. The van der Waals surface area contributed by atoms with Crippen molar-refractivity contribution < 1.29 is 33.8 Å². The number of phosphoric acid groups is 1. The van der Waals surface area contributed by atoms with Crippen LogP contribution in [0.5, 0.6) is 0 Å². The Morgan fingerprint density at radius 3 is 2.52 bits per heavy atom. The number of hydrogen-bond donors (Lipinski definition) is 8. The van der Waals surface area contributed by atoms with Crippen LogP contribution in [-0.2, 0) is 13.8 Å². The summed E-state index contributed by atoms with van der Waals surface area (Å²) in [4.78, 5) is 43.8. The fourth-order valence-corrected chi connectivity index (χ4v) is 2.27. The average molecular weight is 354 g/mol. The number of nitrogens with one attached hydrogen (secondary N) is 3. The molecule has 0 aliphatic carbocycles. The van der Waals surface area contributed by atoms with Crippen molar-refractivity contribution in [1.29, 1.82) is 0 Å². The van der Waals surface area contributed by atoms with Gasteiger partial charge in [-0.1, -0.05) is 0 Å². The highest BCUT2D eigenvalue weighted by Gasteiger charge is 2.44. The van der Waals surface area contributed by atoms with Gasteiger partial charge < -0.3 is 35.8 Å². The van der Waals surface area contributed by atoms with Crippen molar-refractivity contribution in [3.63, 3.8) is 0 Å². The first-order valence-corrected chi connectivity index (χ1v) is 7.72. The number of anilines is 2. The summed E-state index contributed by atoms with van der Waals surface area (Å²) < 4.78 is 20.0. The molecule has 1 saturated heterocycles. The summed E-state index contributed by atoms with van der Waals surface area (Å²) in [5, 5.41) is 22.0. The summed E-state index contributed by atoms with van der Waals surface area (Å²) in [6, 6.07) is 0. The molecule has 0 unspecified atom stereocenters. The van der Waals surface area contributed by atoms with E-state index < -0.39 is 50.2 Å². The number of aromatic amines is 2. The van der Waals surface area contributed by atoms with E-state index in [9.17, 15) is 24.4 Å². The molecule has 1 aromatic heterocycles. The molecule has 1 aromatic rings. The predicted molar refractivity (Wildman–Crippen MR) is 74.4 cm³/mol. The van der Waals surface area contributed by atoms with Crippen molar-refractivity contribution in [1.82, 2.24) is 9.97 Å². The molecule has 2 rings (SSSR count). The molecule has 0 aromatic carbocycles. The van der Waals surface area contributed by atoms with Gasteiger partial charge in [-0.05, 0) is 0 Å². The Hall–Kier alpha value is -1.73. The van der Waals surface area contributed by atoms with Crippen LogP contribution in [0.15, 0.2) is 9.59 Å². The van der Waals surface area contributed by atoms with Gasteiger partial charge in [0.15, 0.2) is 6.23 Å². The van der Waals surface area contributed by atoms with E-state index in [1.807, 2.05) is 4.98 Å². The van der Waals surface area contributed by atoms with E-state index in [1.54, 1.807) is 0 Å². The number of aromatic nitrogens is 2. The molecular formula is C9H15N4O9P. The lowest BCUT2D eigenvalue weighted by Gasteiger charge is -2.18. The molecule has 14 heteroatoms. The summed E-state index contributed by atoms with van der Waals surface area (Å²) in [6.07, 6.45) is -5.64. The van der Waals surface area contributed by atoms with Gasteiger partial charge in [0.05, 0.1) is 6.61 Å². The van der Waals surface area contributed by atoms with Crippen LogP contribution in [0.25, 0.3) is 0 Å². The van der Waals surface area contributed by atoms with E-state index in [4.69, 9.17) is 20.3 Å². The lowest BCUT2D eigenvalue weighted by atomic mass is 10.1. The summed E-state index contributed by atoms with van der Waals surface area (Å²) in [7, 11) is -4.78. The van der Waals surface area contributed by atoms with E-state index in [-0.39, 0.29) is 11.5 Å². The van der Waals surface area contributed by atoms with Crippen molar-refractivity contribution in [2.45, 2.75) is 24.5 Å². The molecular weight excluding hydrogens is 339 g/mol. The van der Waals surface area contributed by atoms with Crippen LogP contribution in [-0.4, -0.2) is 61.1 Å². The summed E-state index contributed by atoms with van der Waals surface area (Å²) >= 11 is 0. The molecule has 1 aliphatic rings. The largest absolute Gasteiger partial charge is 0.469 e. The zero-order valence-electron chi connectivity index (χ0n) is 11.4. The molecule has 0 amide bonds. The van der Waals surface area contributed by atoms with E-state index in [0.29, 0.717) is 0 Å². The van der Waals surface area contributed by atoms with Gasteiger partial charge in [-0.15, -0.1) is 0 Å². The Balaban J connectivity index is 2.11. The number of nitrogen functional groups attached to an aromatic ring is 1. The second kappa shape index (κ2) is 6.41. The van der Waals surface area contributed by atoms with Crippen molar-refractivity contribution in [2.75, 3.05) is 17.7 Å². The van der Waals surface area contributed by atoms with Crippen molar-refractivity contribution in [3.8, 4) is 0 Å². The molecule has 1 fully saturated rings. The Morgan fingerprint density at radius 1 is 1.26 bits per heavy atom. The first-order valence-electron chi connectivity index (χ1n) is 6.19. The van der Waals surface area contributed by atoms with Gasteiger partial charge in [0.1, 0.15) is 29.8 Å². The number of nitrogens with two attached hydrogens (primary N) is 1. The van der Waals surface area contributed by atoms with Gasteiger partial charge >= 0.3 is 13.5 Å². The SMILES string of the molecule is Nc1c(N[C@@H]2O[C@@H](COP(=O)(O)O)[C@@H](O)[C@H]2O)[nH]c(=O)[nH]c1=O. The van der Waals surface area contributed by atoms with Crippen molar-refractivity contribution in [2.24, 2.45) is 0 Å². The Labute approximate surface area is 127 Å². The monoisotopic (exact) mass is 354 g/mol. The molecule has 13 nitrogen and oxygen atoms in total. The van der Waals surface area contributed by atoms with Crippen LogP contribution in [0.1, 0.15) is 0 Å². The van der Waals surface area contributed by atoms with E-state index >= 15 is 0 Å². The lowest BCUT2D eigenvalue weighted by molar-refractivity contribution is -0.0151. The van der Waals surface area contributed by atoms with Crippen LogP contribution < -0.4 is 22.3 Å². The summed E-state index contributed by atoms with van der Waals surface area (Å²) in [5.74, 6) is -0.244. The molecule has 0 radical (unpaired) electrons. The van der Waals surface area contributed by atoms with E-state index in [2.05, 4.69) is 14.8 Å². The maximum atomic E-state index is 11.4. The minimum Gasteiger partial charge on any atom is -0.391 e. The zero-order valence-corrected chi connectivity index (χ0v) is 12.3. The lowest BCUT2D eigenvalue weighted by Crippen LogP contribution is -2.38. The van der Waals surface area contributed by atoms with Gasteiger partial charge in [-0.2, -0.15) is 0 Å². The molecule has 0 saturated carbocycles. The second-order valence-electron chi connectivity index (χ2n) is 4.70. The van der Waals surface area contributed by atoms with Crippen LogP contribution in [0.3, 0.4) is 0 Å². The molecule has 2 heterocycles. The minimum absolute atomic E-state index is 0.244. The third-order valence-electron chi connectivity index (χ3n) is 3.04. The second-order valence-corrected chi connectivity index (χ2v) is 5.94. The molecule has 0 spiro atoms. The van der Waals surface area contributed by atoms with Crippen molar-refractivity contribution in [3.05, 3.63) is 20.8 Å². The molecule has 0 bridgehead atoms. The highest BCUT2D eigenvalue weighted by molar-refractivity contribution is 7.46. The van der Waals surface area contributed by atoms with Crippen LogP contribution in [0.2, 0.25) is 0 Å². The zero-order chi connectivity index (χ0) is 17.4. The van der Waals surface area contributed by atoms with Crippen LogP contribution in [0, 0.1) is 0 Å². The first-order chi connectivity index (χ1) is 10.6. The standard InChI is InChI=1S/C9H15N4O9P/c10-3-6(12-9(17)13-7(3)16)11-8-5(15)4(14)2(22-8)1-21-23(18,19)20/h2,4-5,8,14-15H,1,10H2,(H2,18,19,20)(H3,11,12,13,16,17)/t2-,4+,5+,8+/m0/s1. The number of ether oxygens (including phenoxy) is 1. The van der Waals surface area contributed by atoms with Crippen LogP contribution >= 0.6 is 7.82 Å². The Bertz CT molecular complexity index is 726. The summed E-state index contributed by atoms with van der Waals surface area (Å²) in [6.45, 7) is -0.692. The normalized spacial score (nSPS) is 28.0. The first kappa shape index (κ1) is 17.6. The number of aliphatic hydroxyl groups excluding tert-OH is 2. The number of H-pyrrole nitrogens is 2. The third-order valence-corrected chi connectivity index (χ3v) is 3.52. The quantitative estimate of drug-likeness (QED) is 0.244. The molecule has 9 N–H and O–H groups in total.